The molecule has 0 atom stereocenters. The van der Waals surface area contributed by atoms with Crippen molar-refractivity contribution < 1.29 is 12.9 Å². The van der Waals surface area contributed by atoms with Gasteiger partial charge in [-0.15, -0.1) is 0 Å². The van der Waals surface area contributed by atoms with E-state index in [-0.39, 0.29) is 0 Å². The van der Waals surface area contributed by atoms with Crippen LogP contribution in [-0.4, -0.2) is 24.8 Å². The van der Waals surface area contributed by atoms with E-state index in [1.54, 1.807) is 24.3 Å². The summed E-state index contributed by atoms with van der Waals surface area (Å²) in [6, 6.07) is 14.7. The first-order valence-electron chi connectivity index (χ1n) is 7.04. The summed E-state index contributed by atoms with van der Waals surface area (Å²) >= 11 is 3.43. The van der Waals surface area contributed by atoms with Crippen molar-refractivity contribution in [2.45, 2.75) is 6.42 Å². The molecule has 1 heterocycles. The Balaban J connectivity index is 1.75. The highest BCUT2D eigenvalue weighted by molar-refractivity contribution is 9.10. The quantitative estimate of drug-likeness (QED) is 0.699. The summed E-state index contributed by atoms with van der Waals surface area (Å²) in [4.78, 5) is 4.38. The normalized spacial score (nSPS) is 11.4. The lowest BCUT2D eigenvalue weighted by Crippen LogP contribution is -2.09. The number of sulfonamides is 1. The van der Waals surface area contributed by atoms with E-state index in [2.05, 4.69) is 30.8 Å². The Morgan fingerprint density at radius 2 is 1.92 bits per heavy atom. The van der Waals surface area contributed by atoms with Crippen molar-refractivity contribution >= 4 is 31.6 Å². The van der Waals surface area contributed by atoms with Crippen molar-refractivity contribution in [2.75, 3.05) is 11.0 Å². The van der Waals surface area contributed by atoms with Crippen molar-refractivity contribution in [3.8, 4) is 11.4 Å². The first kappa shape index (κ1) is 16.7. The van der Waals surface area contributed by atoms with Gasteiger partial charge < -0.3 is 4.52 Å². The molecule has 3 aromatic rings. The van der Waals surface area contributed by atoms with Crippen molar-refractivity contribution in [3.63, 3.8) is 0 Å². The summed E-state index contributed by atoms with van der Waals surface area (Å²) in [6.07, 6.45) is 1.65. The standard InChI is InChI=1S/C16H14BrN3O3S/c1-24(21,22)20-14-7-5-12(6-8-14)16-18-15(23-19-16)10-11-3-2-4-13(17)9-11/h2-9,20H,10H2,1H3. The van der Waals surface area contributed by atoms with E-state index >= 15 is 0 Å². The Kier molecular flexibility index (Phi) is 4.68. The molecule has 24 heavy (non-hydrogen) atoms. The van der Waals surface area contributed by atoms with Gasteiger partial charge in [0.15, 0.2) is 0 Å². The predicted molar refractivity (Wildman–Crippen MR) is 95.1 cm³/mol. The summed E-state index contributed by atoms with van der Waals surface area (Å²) in [5.41, 5.74) is 2.30. The zero-order valence-electron chi connectivity index (χ0n) is 12.7. The fraction of sp³-hybridized carbons (Fsp3) is 0.125. The number of hydrogen-bond acceptors (Lipinski definition) is 5. The van der Waals surface area contributed by atoms with E-state index in [0.29, 0.717) is 23.8 Å². The van der Waals surface area contributed by atoms with Gasteiger partial charge in [-0.25, -0.2) is 8.42 Å². The average Bonchev–Trinajstić information content (AvgIpc) is 2.95. The summed E-state index contributed by atoms with van der Waals surface area (Å²) in [5.74, 6) is 0.979. The number of hydrogen-bond donors (Lipinski definition) is 1. The van der Waals surface area contributed by atoms with Crippen molar-refractivity contribution in [2.24, 2.45) is 0 Å². The summed E-state index contributed by atoms with van der Waals surface area (Å²) in [5, 5.41) is 3.97. The second-order valence-electron chi connectivity index (χ2n) is 5.27. The number of aromatic nitrogens is 2. The largest absolute Gasteiger partial charge is 0.339 e. The molecule has 0 aliphatic heterocycles. The third kappa shape index (κ3) is 4.42. The van der Waals surface area contributed by atoms with E-state index in [4.69, 9.17) is 4.52 Å². The van der Waals surface area contributed by atoms with Crippen LogP contribution in [0.2, 0.25) is 0 Å². The molecule has 0 bridgehead atoms. The van der Waals surface area contributed by atoms with Crippen LogP contribution in [0.15, 0.2) is 57.5 Å². The highest BCUT2D eigenvalue weighted by Crippen LogP contribution is 2.21. The summed E-state index contributed by atoms with van der Waals surface area (Å²) < 4.78 is 31.1. The zero-order valence-corrected chi connectivity index (χ0v) is 15.1. The monoisotopic (exact) mass is 407 g/mol. The third-order valence-electron chi connectivity index (χ3n) is 3.16. The second-order valence-corrected chi connectivity index (χ2v) is 7.93. The Bertz CT molecular complexity index is 953. The Hall–Kier alpha value is -2.19. The molecule has 0 fully saturated rings. The van der Waals surface area contributed by atoms with Crippen molar-refractivity contribution in [1.29, 1.82) is 0 Å². The number of benzene rings is 2. The molecule has 0 spiro atoms. The molecule has 0 aliphatic carbocycles. The zero-order chi connectivity index (χ0) is 17.2. The van der Waals surface area contributed by atoms with Crippen LogP contribution < -0.4 is 4.72 Å². The number of anilines is 1. The van der Waals surface area contributed by atoms with Crippen LogP contribution in [0.5, 0.6) is 0 Å². The van der Waals surface area contributed by atoms with Gasteiger partial charge in [0.25, 0.3) is 0 Å². The van der Waals surface area contributed by atoms with E-state index in [9.17, 15) is 8.42 Å². The second kappa shape index (κ2) is 6.74. The molecule has 0 aliphatic rings. The molecular weight excluding hydrogens is 394 g/mol. The van der Waals surface area contributed by atoms with Gasteiger partial charge in [0.1, 0.15) is 0 Å². The predicted octanol–water partition coefficient (Wildman–Crippen LogP) is 3.46. The number of halogens is 1. The lowest BCUT2D eigenvalue weighted by molar-refractivity contribution is 0.385. The van der Waals surface area contributed by atoms with Gasteiger partial charge in [-0.05, 0) is 42.0 Å². The maximum absolute atomic E-state index is 11.2. The average molecular weight is 408 g/mol. The molecule has 0 saturated carbocycles. The van der Waals surface area contributed by atoms with Crippen LogP contribution in [0.25, 0.3) is 11.4 Å². The van der Waals surface area contributed by atoms with Gasteiger partial charge >= 0.3 is 0 Å². The first-order chi connectivity index (χ1) is 11.4. The molecule has 124 valence electrons. The fourth-order valence-electron chi connectivity index (χ4n) is 2.17. The summed E-state index contributed by atoms with van der Waals surface area (Å²) in [7, 11) is -3.29. The van der Waals surface area contributed by atoms with Gasteiger partial charge in [0.05, 0.1) is 12.7 Å². The maximum Gasteiger partial charge on any atom is 0.231 e. The lowest BCUT2D eigenvalue weighted by atomic mass is 10.1. The minimum Gasteiger partial charge on any atom is -0.339 e. The van der Waals surface area contributed by atoms with Gasteiger partial charge in [0, 0.05) is 15.7 Å². The molecular formula is C16H14BrN3O3S. The van der Waals surface area contributed by atoms with Gasteiger partial charge in [-0.3, -0.25) is 4.72 Å². The number of nitrogens with one attached hydrogen (secondary N) is 1. The van der Waals surface area contributed by atoms with Gasteiger partial charge in [-0.2, -0.15) is 4.98 Å². The van der Waals surface area contributed by atoms with Crippen molar-refractivity contribution in [3.05, 3.63) is 64.5 Å². The van der Waals surface area contributed by atoms with Crippen LogP contribution >= 0.6 is 15.9 Å². The molecule has 1 aromatic heterocycles. The molecule has 0 radical (unpaired) electrons. The van der Waals surface area contributed by atoms with Crippen LogP contribution in [0.3, 0.4) is 0 Å². The van der Waals surface area contributed by atoms with E-state index in [1.807, 2.05) is 24.3 Å². The van der Waals surface area contributed by atoms with Crippen LogP contribution in [0.4, 0.5) is 5.69 Å². The van der Waals surface area contributed by atoms with Crippen LogP contribution in [0, 0.1) is 0 Å². The number of nitrogens with zero attached hydrogens (tertiary/aromatic N) is 2. The van der Waals surface area contributed by atoms with E-state index in [1.165, 1.54) is 0 Å². The van der Waals surface area contributed by atoms with Crippen LogP contribution in [-0.2, 0) is 16.4 Å². The Morgan fingerprint density at radius 1 is 1.17 bits per heavy atom. The summed E-state index contributed by atoms with van der Waals surface area (Å²) in [6.45, 7) is 0. The highest BCUT2D eigenvalue weighted by atomic mass is 79.9. The van der Waals surface area contributed by atoms with E-state index < -0.39 is 10.0 Å². The fourth-order valence-corrected chi connectivity index (χ4v) is 3.18. The highest BCUT2D eigenvalue weighted by Gasteiger charge is 2.10. The smallest absolute Gasteiger partial charge is 0.231 e. The Labute approximate surface area is 148 Å². The first-order valence-corrected chi connectivity index (χ1v) is 9.73. The molecule has 0 amide bonds. The van der Waals surface area contributed by atoms with Gasteiger partial charge in [0.2, 0.25) is 21.7 Å². The number of rotatable bonds is 5. The topological polar surface area (TPSA) is 85.1 Å². The van der Waals surface area contributed by atoms with Gasteiger partial charge in [-0.1, -0.05) is 33.2 Å². The molecule has 0 unspecified atom stereocenters. The minimum absolute atomic E-state index is 0.464. The molecule has 6 nitrogen and oxygen atoms in total. The SMILES string of the molecule is CS(=O)(=O)Nc1ccc(-c2noc(Cc3cccc(Br)c3)n2)cc1. The molecule has 1 N–H and O–H groups in total. The lowest BCUT2D eigenvalue weighted by Gasteiger charge is -2.03. The van der Waals surface area contributed by atoms with Crippen molar-refractivity contribution in [1.82, 2.24) is 10.1 Å². The third-order valence-corrected chi connectivity index (χ3v) is 4.26. The van der Waals surface area contributed by atoms with Crippen LogP contribution in [0.1, 0.15) is 11.5 Å². The molecule has 2 aromatic carbocycles. The maximum atomic E-state index is 11.2. The molecule has 8 heteroatoms. The molecule has 3 rings (SSSR count). The minimum atomic E-state index is -3.29. The van der Waals surface area contributed by atoms with E-state index in [0.717, 1.165) is 21.9 Å². The Morgan fingerprint density at radius 3 is 2.58 bits per heavy atom. The molecule has 0 saturated heterocycles.